The van der Waals surface area contributed by atoms with Gasteiger partial charge in [0.1, 0.15) is 5.76 Å². The van der Waals surface area contributed by atoms with Gasteiger partial charge in [0.2, 0.25) is 0 Å². The molecule has 4 aromatic rings. The lowest BCUT2D eigenvalue weighted by Crippen LogP contribution is -2.29. The lowest BCUT2D eigenvalue weighted by molar-refractivity contribution is -0.132. The van der Waals surface area contributed by atoms with E-state index in [0.29, 0.717) is 56.5 Å². The maximum absolute atomic E-state index is 13.5. The third-order valence-corrected chi connectivity index (χ3v) is 7.66. The smallest absolute Gasteiger partial charge is 0.301 e. The number of fused-ring (bicyclic) bond motifs is 1. The van der Waals surface area contributed by atoms with Crippen LogP contribution in [0.5, 0.6) is 11.5 Å². The molecule has 7 nitrogen and oxygen atoms in total. The van der Waals surface area contributed by atoms with Gasteiger partial charge in [-0.25, -0.2) is 4.98 Å². The van der Waals surface area contributed by atoms with Gasteiger partial charge in [-0.15, -0.1) is 0 Å². The number of nitrogens with zero attached hydrogens (tertiary/aromatic N) is 2. The highest BCUT2D eigenvalue weighted by Crippen LogP contribution is 2.46. The first kappa shape index (κ1) is 27.0. The van der Waals surface area contributed by atoms with Crippen LogP contribution in [0, 0.1) is 0 Å². The molecule has 1 saturated heterocycles. The van der Waals surface area contributed by atoms with Crippen molar-refractivity contribution in [3.05, 3.63) is 87.4 Å². The van der Waals surface area contributed by atoms with Crippen molar-refractivity contribution in [3.8, 4) is 11.5 Å². The number of ketones is 1. The van der Waals surface area contributed by atoms with Crippen LogP contribution in [0.15, 0.2) is 66.2 Å². The lowest BCUT2D eigenvalue weighted by Gasteiger charge is -2.24. The molecule has 1 aliphatic heterocycles. The Balaban J connectivity index is 1.71. The minimum atomic E-state index is -0.976. The Kier molecular flexibility index (Phi) is 7.79. The summed E-state index contributed by atoms with van der Waals surface area (Å²) in [7, 11) is 0. The molecule has 1 N–H and O–H groups in total. The van der Waals surface area contributed by atoms with Gasteiger partial charge >= 0.3 is 5.91 Å². The van der Waals surface area contributed by atoms with Gasteiger partial charge in [-0.1, -0.05) is 47.5 Å². The Labute approximate surface area is 239 Å². The summed E-state index contributed by atoms with van der Waals surface area (Å²) >= 11 is 13.4. The molecule has 5 rings (SSSR count). The molecule has 2 heterocycles. The Bertz CT molecular complexity index is 1600. The summed E-state index contributed by atoms with van der Waals surface area (Å²) in [5.41, 5.74) is 1.47. The van der Waals surface area contributed by atoms with E-state index in [2.05, 4.69) is 4.98 Å². The van der Waals surface area contributed by atoms with Gasteiger partial charge in [-0.2, -0.15) is 0 Å². The van der Waals surface area contributed by atoms with Crippen LogP contribution in [0.2, 0.25) is 10.0 Å². The van der Waals surface area contributed by atoms with Crippen LogP contribution in [0.1, 0.15) is 37.4 Å². The van der Waals surface area contributed by atoms with Gasteiger partial charge < -0.3 is 14.6 Å². The number of rotatable bonds is 8. The Morgan fingerprint density at radius 2 is 1.72 bits per heavy atom. The van der Waals surface area contributed by atoms with Crippen molar-refractivity contribution in [2.45, 2.75) is 26.3 Å². The molecular formula is C29H24Cl2N2O5S. The predicted octanol–water partition coefficient (Wildman–Crippen LogP) is 7.42. The Morgan fingerprint density at radius 3 is 2.44 bits per heavy atom. The number of thiazole rings is 1. The number of carbonyl (C=O) groups is 2. The summed E-state index contributed by atoms with van der Waals surface area (Å²) in [6.45, 7) is 4.75. The molecule has 1 aromatic heterocycles. The van der Waals surface area contributed by atoms with E-state index in [-0.39, 0.29) is 11.3 Å². The zero-order chi connectivity index (χ0) is 27.7. The fraction of sp³-hybridized carbons (Fsp3) is 0.207. The van der Waals surface area contributed by atoms with Crippen molar-refractivity contribution in [1.29, 1.82) is 0 Å². The van der Waals surface area contributed by atoms with Crippen LogP contribution in [-0.2, 0) is 9.59 Å². The third-order valence-electron chi connectivity index (χ3n) is 6.15. The molecule has 0 saturated carbocycles. The summed E-state index contributed by atoms with van der Waals surface area (Å²) in [6, 6.07) is 15.9. The topological polar surface area (TPSA) is 89.0 Å². The number of benzene rings is 3. The molecule has 1 atom stereocenters. The quantitative estimate of drug-likeness (QED) is 0.132. The van der Waals surface area contributed by atoms with E-state index in [0.717, 1.165) is 11.1 Å². The van der Waals surface area contributed by atoms with Crippen molar-refractivity contribution >= 4 is 67.3 Å². The van der Waals surface area contributed by atoms with Crippen molar-refractivity contribution in [3.63, 3.8) is 0 Å². The van der Waals surface area contributed by atoms with Gasteiger partial charge in [-0.05, 0) is 73.5 Å². The second-order valence-corrected chi connectivity index (χ2v) is 10.7. The number of carbonyl (C=O) groups excluding carboxylic acids is 2. The number of Topliss-reactive ketones (excluding diaryl/α,β-unsaturated/α-hetero) is 1. The third kappa shape index (κ3) is 5.20. The fourth-order valence-electron chi connectivity index (χ4n) is 4.39. The van der Waals surface area contributed by atoms with Gasteiger partial charge in [0.05, 0.1) is 35.0 Å². The molecule has 200 valence electrons. The van der Waals surface area contributed by atoms with E-state index in [1.807, 2.05) is 13.8 Å². The number of hydrogen-bond acceptors (Lipinski definition) is 7. The second kappa shape index (κ2) is 11.3. The van der Waals surface area contributed by atoms with E-state index < -0.39 is 17.7 Å². The van der Waals surface area contributed by atoms with E-state index in [4.69, 9.17) is 32.7 Å². The fourth-order valence-corrected chi connectivity index (χ4v) is 5.79. The average molecular weight is 583 g/mol. The highest BCUT2D eigenvalue weighted by atomic mass is 35.5. The highest BCUT2D eigenvalue weighted by Gasteiger charge is 2.48. The second-order valence-electron chi connectivity index (χ2n) is 8.77. The van der Waals surface area contributed by atoms with Crippen molar-refractivity contribution in [2.24, 2.45) is 0 Å². The predicted molar refractivity (Wildman–Crippen MR) is 154 cm³/mol. The number of halogens is 2. The van der Waals surface area contributed by atoms with E-state index in [1.165, 1.54) is 16.2 Å². The maximum atomic E-state index is 13.5. The largest absolute Gasteiger partial charge is 0.507 e. The SMILES string of the molecule is CCCOc1ccc(C2C(=C(O)c3ccc(Cl)cc3)C(=O)C(=O)N2c2nc3ccc(Cl)cc3s2)cc1OCC. The highest BCUT2D eigenvalue weighted by molar-refractivity contribution is 7.22. The molecule has 0 spiro atoms. The van der Waals surface area contributed by atoms with Crippen LogP contribution < -0.4 is 14.4 Å². The molecule has 0 bridgehead atoms. The standard InChI is InChI=1S/C29H24Cl2N2O5S/c1-3-13-38-21-12-7-17(14-22(21)37-4-2)25-24(26(34)16-5-8-18(30)9-6-16)27(35)28(36)33(25)29-32-20-11-10-19(31)15-23(20)39-29/h5-12,14-15,25,34H,3-4,13H2,1-2H3. The molecule has 1 unspecified atom stereocenters. The van der Waals surface area contributed by atoms with Crippen LogP contribution in [-0.4, -0.2) is 35.0 Å². The molecule has 10 heteroatoms. The number of amides is 1. The van der Waals surface area contributed by atoms with Crippen molar-refractivity contribution in [2.75, 3.05) is 18.1 Å². The summed E-state index contributed by atoms with van der Waals surface area (Å²) in [6.07, 6.45) is 0.816. The van der Waals surface area contributed by atoms with Crippen LogP contribution in [0.3, 0.4) is 0 Å². The van der Waals surface area contributed by atoms with E-state index in [1.54, 1.807) is 60.7 Å². The van der Waals surface area contributed by atoms with Gasteiger partial charge in [0, 0.05) is 15.6 Å². The number of hydrogen-bond donors (Lipinski definition) is 1. The van der Waals surface area contributed by atoms with Gasteiger partial charge in [-0.3, -0.25) is 14.5 Å². The summed E-state index contributed by atoms with van der Waals surface area (Å²) < 4.78 is 12.5. The summed E-state index contributed by atoms with van der Waals surface area (Å²) in [4.78, 5) is 33.0. The molecule has 39 heavy (non-hydrogen) atoms. The molecule has 3 aromatic carbocycles. The first-order valence-corrected chi connectivity index (χ1v) is 13.9. The zero-order valence-electron chi connectivity index (χ0n) is 21.1. The average Bonchev–Trinajstić information content (AvgIpc) is 3.45. The monoisotopic (exact) mass is 582 g/mol. The minimum absolute atomic E-state index is 0.0655. The number of aliphatic hydroxyl groups excluding tert-OH is 1. The van der Waals surface area contributed by atoms with Gasteiger partial charge in [0.25, 0.3) is 5.78 Å². The molecule has 1 aliphatic rings. The maximum Gasteiger partial charge on any atom is 0.301 e. The van der Waals surface area contributed by atoms with Crippen LogP contribution in [0.4, 0.5) is 5.13 Å². The first-order chi connectivity index (χ1) is 18.8. The van der Waals surface area contributed by atoms with Crippen LogP contribution in [0.25, 0.3) is 16.0 Å². The van der Waals surface area contributed by atoms with Crippen molar-refractivity contribution in [1.82, 2.24) is 4.98 Å². The van der Waals surface area contributed by atoms with Crippen LogP contribution >= 0.6 is 34.5 Å². The number of ether oxygens (including phenoxy) is 2. The zero-order valence-corrected chi connectivity index (χ0v) is 23.4. The number of anilines is 1. The summed E-state index contributed by atoms with van der Waals surface area (Å²) in [5, 5.41) is 12.7. The molecule has 0 radical (unpaired) electrons. The molecular weight excluding hydrogens is 559 g/mol. The molecule has 0 aliphatic carbocycles. The lowest BCUT2D eigenvalue weighted by atomic mass is 9.95. The Hall–Kier alpha value is -3.59. The van der Waals surface area contributed by atoms with E-state index in [9.17, 15) is 14.7 Å². The summed E-state index contributed by atoms with van der Waals surface area (Å²) in [5.74, 6) is -0.923. The van der Waals surface area contributed by atoms with E-state index >= 15 is 0 Å². The number of aromatic nitrogens is 1. The first-order valence-electron chi connectivity index (χ1n) is 12.3. The molecule has 1 amide bonds. The minimum Gasteiger partial charge on any atom is -0.507 e. The number of aliphatic hydroxyl groups is 1. The molecule has 1 fully saturated rings. The normalized spacial score (nSPS) is 16.7. The van der Waals surface area contributed by atoms with Gasteiger partial charge in [0.15, 0.2) is 16.6 Å². The Morgan fingerprint density at radius 1 is 0.974 bits per heavy atom. The van der Waals surface area contributed by atoms with Crippen molar-refractivity contribution < 1.29 is 24.2 Å².